The second-order valence-corrected chi connectivity index (χ2v) is 7.30. The van der Waals surface area contributed by atoms with Crippen molar-refractivity contribution in [2.75, 3.05) is 6.61 Å². The van der Waals surface area contributed by atoms with Crippen LogP contribution in [0.4, 0.5) is 0 Å². The fourth-order valence-corrected chi connectivity index (χ4v) is 3.48. The van der Waals surface area contributed by atoms with Gasteiger partial charge in [0.25, 0.3) is 0 Å². The van der Waals surface area contributed by atoms with E-state index in [1.807, 2.05) is 0 Å². The highest BCUT2D eigenvalue weighted by Crippen LogP contribution is 2.28. The molecule has 6 heteroatoms. The zero-order chi connectivity index (χ0) is 16.9. The first-order valence-electron chi connectivity index (χ1n) is 9.10. The molecule has 0 aromatic heterocycles. The standard InChI is InChI=1S/C17H31O5P/c1-2-3-4-5-6-7-8-9-10-11-15-12-16(14-21-23(19)20)22-17(18)13-15/h15-16H,2-14H2,1H3/p+1/t15-,16+/m0/s1. The highest BCUT2D eigenvalue weighted by molar-refractivity contribution is 7.32. The molecule has 0 amide bonds. The zero-order valence-corrected chi connectivity index (χ0v) is 15.3. The molecule has 0 spiro atoms. The van der Waals surface area contributed by atoms with E-state index in [-0.39, 0.29) is 18.7 Å². The molecule has 1 saturated heterocycles. The van der Waals surface area contributed by atoms with Crippen LogP contribution >= 0.6 is 8.25 Å². The Bertz CT molecular complexity index is 348. The van der Waals surface area contributed by atoms with Gasteiger partial charge < -0.3 is 4.74 Å². The summed E-state index contributed by atoms with van der Waals surface area (Å²) >= 11 is 0. The van der Waals surface area contributed by atoms with Crippen LogP contribution in [0.3, 0.4) is 0 Å². The Kier molecular flexibility index (Phi) is 11.5. The fraction of sp³-hybridized carbons (Fsp3) is 0.941. The Morgan fingerprint density at radius 3 is 2.35 bits per heavy atom. The maximum Gasteiger partial charge on any atom is 0.694 e. The van der Waals surface area contributed by atoms with E-state index in [9.17, 15) is 9.36 Å². The first kappa shape index (κ1) is 20.5. The Morgan fingerprint density at radius 1 is 1.13 bits per heavy atom. The lowest BCUT2D eigenvalue weighted by molar-refractivity contribution is -0.159. The summed E-state index contributed by atoms with van der Waals surface area (Å²) in [6.07, 6.45) is 13.6. The van der Waals surface area contributed by atoms with E-state index in [1.54, 1.807) is 0 Å². The van der Waals surface area contributed by atoms with Crippen molar-refractivity contribution in [3.8, 4) is 0 Å². The molecule has 0 aromatic carbocycles. The molecule has 3 atom stereocenters. The molecule has 1 aliphatic rings. The molecule has 1 unspecified atom stereocenters. The average Bonchev–Trinajstić information content (AvgIpc) is 2.51. The van der Waals surface area contributed by atoms with Crippen LogP contribution in [-0.4, -0.2) is 23.6 Å². The predicted octanol–water partition coefficient (Wildman–Crippen LogP) is 4.90. The zero-order valence-electron chi connectivity index (χ0n) is 14.4. The smallest absolute Gasteiger partial charge is 0.460 e. The molecule has 1 N–H and O–H groups in total. The molecule has 1 fully saturated rings. The molecule has 1 heterocycles. The van der Waals surface area contributed by atoms with Gasteiger partial charge in [-0.25, -0.2) is 0 Å². The number of carbonyl (C=O) groups excluding carboxylic acids is 1. The fourth-order valence-electron chi connectivity index (χ4n) is 3.19. The topological polar surface area (TPSA) is 72.8 Å². The average molecular weight is 347 g/mol. The molecule has 0 saturated carbocycles. The van der Waals surface area contributed by atoms with Crippen molar-refractivity contribution in [2.24, 2.45) is 5.92 Å². The van der Waals surface area contributed by atoms with Gasteiger partial charge in [0.05, 0.1) is 0 Å². The largest absolute Gasteiger partial charge is 0.694 e. The van der Waals surface area contributed by atoms with Gasteiger partial charge in [-0.05, 0) is 18.8 Å². The van der Waals surface area contributed by atoms with Gasteiger partial charge in [0.1, 0.15) is 12.7 Å². The molecular weight excluding hydrogens is 315 g/mol. The van der Waals surface area contributed by atoms with Gasteiger partial charge in [-0.2, -0.15) is 0 Å². The van der Waals surface area contributed by atoms with E-state index in [1.165, 1.54) is 51.4 Å². The number of hydrogen-bond donors (Lipinski definition) is 1. The lowest BCUT2D eigenvalue weighted by atomic mass is 9.90. The number of unbranched alkanes of at least 4 members (excludes halogenated alkanes) is 8. The summed E-state index contributed by atoms with van der Waals surface area (Å²) in [4.78, 5) is 20.2. The van der Waals surface area contributed by atoms with Gasteiger partial charge in [0, 0.05) is 11.0 Å². The maximum absolute atomic E-state index is 11.6. The second kappa shape index (κ2) is 12.9. The molecule has 23 heavy (non-hydrogen) atoms. The van der Waals surface area contributed by atoms with Gasteiger partial charge in [-0.3, -0.25) is 4.79 Å². The number of carbonyl (C=O) groups is 1. The second-order valence-electron chi connectivity index (χ2n) is 6.57. The predicted molar refractivity (Wildman–Crippen MR) is 90.2 cm³/mol. The van der Waals surface area contributed by atoms with E-state index >= 15 is 0 Å². The highest BCUT2D eigenvalue weighted by atomic mass is 31.1. The summed E-state index contributed by atoms with van der Waals surface area (Å²) in [5, 5.41) is 0. The van der Waals surface area contributed by atoms with E-state index in [4.69, 9.17) is 9.63 Å². The lowest BCUT2D eigenvalue weighted by Gasteiger charge is -2.27. The van der Waals surface area contributed by atoms with E-state index < -0.39 is 8.25 Å². The van der Waals surface area contributed by atoms with Crippen molar-refractivity contribution >= 4 is 14.2 Å². The van der Waals surface area contributed by atoms with Crippen LogP contribution in [0.5, 0.6) is 0 Å². The summed E-state index contributed by atoms with van der Waals surface area (Å²) in [6.45, 7) is 2.26. The number of hydrogen-bond acceptors (Lipinski definition) is 4. The first-order chi connectivity index (χ1) is 11.1. The Balaban J connectivity index is 2.04. The number of rotatable bonds is 13. The molecule has 1 aliphatic heterocycles. The van der Waals surface area contributed by atoms with E-state index in [0.29, 0.717) is 12.3 Å². The van der Waals surface area contributed by atoms with Gasteiger partial charge in [0.15, 0.2) is 0 Å². The minimum atomic E-state index is -2.62. The highest BCUT2D eigenvalue weighted by Gasteiger charge is 2.30. The normalized spacial score (nSPS) is 22.0. The third-order valence-corrected chi connectivity index (χ3v) is 4.81. The van der Waals surface area contributed by atoms with Crippen LogP contribution in [0, 0.1) is 5.92 Å². The van der Waals surface area contributed by atoms with Crippen LogP contribution < -0.4 is 0 Å². The summed E-state index contributed by atoms with van der Waals surface area (Å²) in [6, 6.07) is 0. The Labute approximate surface area is 141 Å². The lowest BCUT2D eigenvalue weighted by Crippen LogP contribution is -2.32. The van der Waals surface area contributed by atoms with Crippen molar-refractivity contribution in [1.82, 2.24) is 0 Å². The third kappa shape index (κ3) is 10.8. The quantitative estimate of drug-likeness (QED) is 0.291. The Hall–Kier alpha value is -0.510. The molecule has 0 bridgehead atoms. The van der Waals surface area contributed by atoms with Crippen molar-refractivity contribution in [1.29, 1.82) is 0 Å². The minimum absolute atomic E-state index is 0.0195. The molecule has 1 rings (SSSR count). The number of esters is 1. The third-order valence-electron chi connectivity index (χ3n) is 4.44. The number of ether oxygens (including phenoxy) is 1. The minimum Gasteiger partial charge on any atom is -0.460 e. The summed E-state index contributed by atoms with van der Waals surface area (Å²) in [5.41, 5.74) is 0. The SMILES string of the molecule is CCCCCCCCCCC[C@@H]1CC(=O)O[C@@H](CO[P+](=O)O)C1. The van der Waals surface area contributed by atoms with Gasteiger partial charge in [-0.15, -0.1) is 9.42 Å². The van der Waals surface area contributed by atoms with E-state index in [0.717, 1.165) is 19.3 Å². The monoisotopic (exact) mass is 347 g/mol. The van der Waals surface area contributed by atoms with Crippen molar-refractivity contribution in [3.05, 3.63) is 0 Å². The molecule has 0 aromatic rings. The Morgan fingerprint density at radius 2 is 1.74 bits per heavy atom. The molecule has 0 radical (unpaired) electrons. The van der Waals surface area contributed by atoms with Crippen LogP contribution in [0.2, 0.25) is 0 Å². The van der Waals surface area contributed by atoms with E-state index in [2.05, 4.69) is 11.4 Å². The molecule has 134 valence electrons. The summed E-state index contributed by atoms with van der Waals surface area (Å²) in [7, 11) is -2.62. The molecular formula is C17H32O5P+. The van der Waals surface area contributed by atoms with Crippen LogP contribution in [0.1, 0.15) is 84.0 Å². The van der Waals surface area contributed by atoms with Crippen LogP contribution in [0.15, 0.2) is 0 Å². The summed E-state index contributed by atoms with van der Waals surface area (Å²) < 4.78 is 20.4. The van der Waals surface area contributed by atoms with Crippen LogP contribution in [-0.2, 0) is 18.6 Å². The van der Waals surface area contributed by atoms with Crippen molar-refractivity contribution in [3.63, 3.8) is 0 Å². The van der Waals surface area contributed by atoms with Gasteiger partial charge in [-0.1, -0.05) is 64.7 Å². The van der Waals surface area contributed by atoms with Gasteiger partial charge in [0.2, 0.25) is 0 Å². The molecule has 5 nitrogen and oxygen atoms in total. The maximum atomic E-state index is 11.6. The van der Waals surface area contributed by atoms with Gasteiger partial charge >= 0.3 is 14.2 Å². The van der Waals surface area contributed by atoms with Crippen molar-refractivity contribution < 1.29 is 23.5 Å². The summed E-state index contributed by atoms with van der Waals surface area (Å²) in [5.74, 6) is 0.116. The molecule has 0 aliphatic carbocycles. The number of cyclic esters (lactones) is 1. The van der Waals surface area contributed by atoms with Crippen LogP contribution in [0.25, 0.3) is 0 Å². The van der Waals surface area contributed by atoms with Crippen molar-refractivity contribution in [2.45, 2.75) is 90.1 Å². The first-order valence-corrected chi connectivity index (χ1v) is 10.2.